The van der Waals surface area contributed by atoms with Crippen LogP contribution in [-0.2, 0) is 6.42 Å². The molecule has 0 heterocycles. The van der Waals surface area contributed by atoms with Crippen molar-refractivity contribution in [2.24, 2.45) is 4.99 Å². The summed E-state index contributed by atoms with van der Waals surface area (Å²) in [5.41, 5.74) is 1.15. The van der Waals surface area contributed by atoms with Gasteiger partial charge in [-0.1, -0.05) is 0 Å². The van der Waals surface area contributed by atoms with Gasteiger partial charge in [-0.2, -0.15) is 0 Å². The van der Waals surface area contributed by atoms with Crippen LogP contribution >= 0.6 is 0 Å². The number of hydrogen-bond donors (Lipinski definition) is 2. The third kappa shape index (κ3) is 5.94. The second kappa shape index (κ2) is 9.91. The molecule has 0 aliphatic rings. The first-order valence-corrected chi connectivity index (χ1v) is 7.48. The Bertz CT molecular complexity index is 439. The lowest BCUT2D eigenvalue weighted by atomic mass is 10.1. The Morgan fingerprint density at radius 1 is 1.10 bits per heavy atom. The summed E-state index contributed by atoms with van der Waals surface area (Å²) in [6.07, 6.45) is 1.87. The zero-order valence-electron chi connectivity index (χ0n) is 13.5. The first kappa shape index (κ1) is 17.1. The zero-order valence-corrected chi connectivity index (χ0v) is 13.5. The molecule has 0 saturated carbocycles. The average molecular weight is 293 g/mol. The number of nitrogens with zero attached hydrogens (tertiary/aromatic N) is 1. The number of rotatable bonds is 8. The van der Waals surface area contributed by atoms with Crippen LogP contribution in [0.1, 0.15) is 25.8 Å². The van der Waals surface area contributed by atoms with Crippen LogP contribution in [0.5, 0.6) is 11.5 Å². The minimum Gasteiger partial charge on any atom is -0.497 e. The highest BCUT2D eigenvalue weighted by atomic mass is 16.5. The maximum absolute atomic E-state index is 5.38. The molecule has 5 nitrogen and oxygen atoms in total. The van der Waals surface area contributed by atoms with E-state index in [1.807, 2.05) is 18.2 Å². The fraction of sp³-hybridized carbons (Fsp3) is 0.562. The molecule has 0 aromatic heterocycles. The van der Waals surface area contributed by atoms with E-state index in [4.69, 9.17) is 9.47 Å². The van der Waals surface area contributed by atoms with Gasteiger partial charge in [0.1, 0.15) is 11.5 Å². The van der Waals surface area contributed by atoms with Gasteiger partial charge in [-0.05, 0) is 50.5 Å². The minimum atomic E-state index is 0.774. The highest BCUT2D eigenvalue weighted by Crippen LogP contribution is 2.24. The first-order valence-electron chi connectivity index (χ1n) is 7.48. The summed E-state index contributed by atoms with van der Waals surface area (Å²) < 4.78 is 10.6. The second-order valence-electron chi connectivity index (χ2n) is 4.57. The molecule has 0 fully saturated rings. The standard InChI is InChI=1S/C16H27N3O2/c1-5-17-16(18-6-2)19-11-7-8-13-12-14(20-3)9-10-15(13)21-4/h9-10,12H,5-8,11H2,1-4H3,(H2,17,18,19). The van der Waals surface area contributed by atoms with Crippen LogP contribution in [0.4, 0.5) is 0 Å². The number of hydrogen-bond acceptors (Lipinski definition) is 3. The number of guanidine groups is 1. The number of methoxy groups -OCH3 is 2. The van der Waals surface area contributed by atoms with Gasteiger partial charge in [0.2, 0.25) is 0 Å². The van der Waals surface area contributed by atoms with Crippen LogP contribution < -0.4 is 20.1 Å². The molecule has 0 unspecified atom stereocenters. The smallest absolute Gasteiger partial charge is 0.191 e. The van der Waals surface area contributed by atoms with Crippen LogP contribution in [0.3, 0.4) is 0 Å². The van der Waals surface area contributed by atoms with Crippen molar-refractivity contribution in [2.45, 2.75) is 26.7 Å². The summed E-state index contributed by atoms with van der Waals surface area (Å²) in [4.78, 5) is 4.54. The molecule has 0 saturated heterocycles. The van der Waals surface area contributed by atoms with Crippen molar-refractivity contribution in [2.75, 3.05) is 33.9 Å². The number of aryl methyl sites for hydroxylation is 1. The Hall–Kier alpha value is -1.91. The molecule has 1 rings (SSSR count). The summed E-state index contributed by atoms with van der Waals surface area (Å²) in [6.45, 7) is 6.64. The summed E-state index contributed by atoms with van der Waals surface area (Å²) in [5, 5.41) is 6.43. The van der Waals surface area contributed by atoms with Crippen molar-refractivity contribution >= 4 is 5.96 Å². The van der Waals surface area contributed by atoms with Crippen LogP contribution in [0.25, 0.3) is 0 Å². The van der Waals surface area contributed by atoms with E-state index < -0.39 is 0 Å². The summed E-state index contributed by atoms with van der Waals surface area (Å²) in [7, 11) is 3.37. The highest BCUT2D eigenvalue weighted by Gasteiger charge is 2.04. The van der Waals surface area contributed by atoms with Crippen LogP contribution in [0.2, 0.25) is 0 Å². The molecule has 1 aromatic rings. The molecule has 0 amide bonds. The normalized spacial score (nSPS) is 9.90. The molecule has 0 bridgehead atoms. The summed E-state index contributed by atoms with van der Waals surface area (Å²) in [5.74, 6) is 2.63. The fourth-order valence-electron chi connectivity index (χ4n) is 2.05. The van der Waals surface area contributed by atoms with Gasteiger partial charge >= 0.3 is 0 Å². The zero-order chi connectivity index (χ0) is 15.5. The van der Waals surface area contributed by atoms with E-state index in [9.17, 15) is 0 Å². The van der Waals surface area contributed by atoms with Crippen molar-refractivity contribution in [3.8, 4) is 11.5 Å². The summed E-state index contributed by atoms with van der Waals surface area (Å²) in [6, 6.07) is 5.88. The molecule has 1 aromatic carbocycles. The molecule has 0 atom stereocenters. The third-order valence-corrected chi connectivity index (χ3v) is 3.05. The van der Waals surface area contributed by atoms with E-state index in [0.29, 0.717) is 0 Å². The molecular formula is C16H27N3O2. The van der Waals surface area contributed by atoms with Crippen LogP contribution in [-0.4, -0.2) is 39.8 Å². The molecule has 0 aliphatic carbocycles. The van der Waals surface area contributed by atoms with Crippen molar-refractivity contribution in [1.82, 2.24) is 10.6 Å². The van der Waals surface area contributed by atoms with Gasteiger partial charge in [0.25, 0.3) is 0 Å². The van der Waals surface area contributed by atoms with Gasteiger partial charge < -0.3 is 20.1 Å². The Kier molecular flexibility index (Phi) is 8.09. The van der Waals surface area contributed by atoms with Gasteiger partial charge in [-0.25, -0.2) is 0 Å². The maximum atomic E-state index is 5.38. The second-order valence-corrected chi connectivity index (χ2v) is 4.57. The largest absolute Gasteiger partial charge is 0.497 e. The van der Waals surface area contributed by atoms with E-state index in [0.717, 1.165) is 55.5 Å². The molecule has 2 N–H and O–H groups in total. The topological polar surface area (TPSA) is 54.9 Å². The number of ether oxygens (including phenoxy) is 2. The van der Waals surface area contributed by atoms with Crippen LogP contribution in [0, 0.1) is 0 Å². The number of aliphatic imine (C=N–C) groups is 1. The lowest BCUT2D eigenvalue weighted by Crippen LogP contribution is -2.37. The summed E-state index contributed by atoms with van der Waals surface area (Å²) >= 11 is 0. The monoisotopic (exact) mass is 293 g/mol. The van der Waals surface area contributed by atoms with Gasteiger partial charge in [-0.15, -0.1) is 0 Å². The van der Waals surface area contributed by atoms with E-state index in [1.165, 1.54) is 0 Å². The molecule has 5 heteroatoms. The lowest BCUT2D eigenvalue weighted by molar-refractivity contribution is 0.398. The van der Waals surface area contributed by atoms with Gasteiger partial charge in [-0.3, -0.25) is 4.99 Å². The van der Waals surface area contributed by atoms with Gasteiger partial charge in [0.15, 0.2) is 5.96 Å². The van der Waals surface area contributed by atoms with Crippen molar-refractivity contribution in [3.63, 3.8) is 0 Å². The van der Waals surface area contributed by atoms with E-state index in [1.54, 1.807) is 14.2 Å². The molecule has 21 heavy (non-hydrogen) atoms. The van der Waals surface area contributed by atoms with E-state index in [-0.39, 0.29) is 0 Å². The molecule has 118 valence electrons. The molecular weight excluding hydrogens is 266 g/mol. The SMILES string of the molecule is CCNC(=NCCCc1cc(OC)ccc1OC)NCC. The Morgan fingerprint density at radius 3 is 2.38 bits per heavy atom. The van der Waals surface area contributed by atoms with Gasteiger partial charge in [0, 0.05) is 19.6 Å². The Morgan fingerprint density at radius 2 is 1.81 bits per heavy atom. The molecule has 0 spiro atoms. The molecule has 0 aliphatic heterocycles. The Labute approximate surface area is 127 Å². The van der Waals surface area contributed by atoms with Crippen molar-refractivity contribution < 1.29 is 9.47 Å². The average Bonchev–Trinajstić information content (AvgIpc) is 2.51. The van der Waals surface area contributed by atoms with Crippen molar-refractivity contribution in [3.05, 3.63) is 23.8 Å². The predicted molar refractivity (Wildman–Crippen MR) is 87.5 cm³/mol. The van der Waals surface area contributed by atoms with Gasteiger partial charge in [0.05, 0.1) is 14.2 Å². The van der Waals surface area contributed by atoms with Crippen molar-refractivity contribution in [1.29, 1.82) is 0 Å². The number of nitrogens with one attached hydrogen (secondary N) is 2. The molecule has 0 radical (unpaired) electrons. The first-order chi connectivity index (χ1) is 10.2. The maximum Gasteiger partial charge on any atom is 0.191 e. The predicted octanol–water partition coefficient (Wildman–Crippen LogP) is 2.21. The van der Waals surface area contributed by atoms with E-state index in [2.05, 4.69) is 29.5 Å². The quantitative estimate of drug-likeness (QED) is 0.438. The third-order valence-electron chi connectivity index (χ3n) is 3.05. The van der Waals surface area contributed by atoms with Crippen LogP contribution in [0.15, 0.2) is 23.2 Å². The van der Waals surface area contributed by atoms with E-state index >= 15 is 0 Å². The minimum absolute atomic E-state index is 0.774. The lowest BCUT2D eigenvalue weighted by Gasteiger charge is -2.11. The highest BCUT2D eigenvalue weighted by molar-refractivity contribution is 5.79. The fourth-order valence-corrected chi connectivity index (χ4v) is 2.05. The number of benzene rings is 1. The Balaban J connectivity index is 2.56.